The van der Waals surface area contributed by atoms with Crippen molar-refractivity contribution in [2.24, 2.45) is 10.1 Å². The Morgan fingerprint density at radius 1 is 1.29 bits per heavy atom. The number of furan rings is 1. The first-order valence-electron chi connectivity index (χ1n) is 8.50. The quantitative estimate of drug-likeness (QED) is 0.630. The van der Waals surface area contributed by atoms with Gasteiger partial charge in [-0.3, -0.25) is 10.2 Å². The standard InChI is InChI=1S/C19H14Cl2N4O2S/c1-2-3-16-24-25-17(22)13(18(26)23-19(25)28-16)9-11-5-7-15(27-11)12-6-4-10(20)8-14(12)21/h4-9,22H,2-3H2,1H3. The van der Waals surface area contributed by atoms with Crippen molar-refractivity contribution in [1.29, 1.82) is 5.41 Å². The van der Waals surface area contributed by atoms with E-state index in [1.54, 1.807) is 30.3 Å². The van der Waals surface area contributed by atoms with Crippen LogP contribution in [0, 0.1) is 5.41 Å². The van der Waals surface area contributed by atoms with Crippen LogP contribution in [-0.2, 0) is 4.79 Å². The highest BCUT2D eigenvalue weighted by atomic mass is 35.5. The minimum atomic E-state index is -0.487. The van der Waals surface area contributed by atoms with E-state index in [9.17, 15) is 4.79 Å². The zero-order valence-electron chi connectivity index (χ0n) is 14.7. The summed E-state index contributed by atoms with van der Waals surface area (Å²) in [6.07, 6.45) is 3.21. The Labute approximate surface area is 175 Å². The SMILES string of the molecule is CCCC1=NN2C(=N)C(=Cc3ccc(-c4ccc(Cl)cc4Cl)o3)C(=O)N=C2S1. The minimum absolute atomic E-state index is 0.0175. The molecule has 0 aliphatic carbocycles. The van der Waals surface area contributed by atoms with E-state index in [1.807, 2.05) is 6.92 Å². The molecule has 0 fully saturated rings. The van der Waals surface area contributed by atoms with Crippen LogP contribution in [0.3, 0.4) is 0 Å². The van der Waals surface area contributed by atoms with E-state index in [0.717, 1.165) is 17.9 Å². The van der Waals surface area contributed by atoms with Crippen molar-refractivity contribution in [1.82, 2.24) is 5.01 Å². The van der Waals surface area contributed by atoms with Gasteiger partial charge in [0.1, 0.15) is 16.6 Å². The molecule has 2 aliphatic heterocycles. The lowest BCUT2D eigenvalue weighted by Gasteiger charge is -2.19. The van der Waals surface area contributed by atoms with Gasteiger partial charge in [-0.2, -0.15) is 15.1 Å². The number of benzene rings is 1. The van der Waals surface area contributed by atoms with E-state index in [2.05, 4.69) is 10.1 Å². The maximum absolute atomic E-state index is 12.4. The van der Waals surface area contributed by atoms with Gasteiger partial charge in [0.2, 0.25) is 5.17 Å². The van der Waals surface area contributed by atoms with Crippen LogP contribution in [0.5, 0.6) is 0 Å². The lowest BCUT2D eigenvalue weighted by atomic mass is 10.1. The number of aliphatic imine (C=N–C) groups is 1. The summed E-state index contributed by atoms with van der Waals surface area (Å²) in [6, 6.07) is 8.56. The molecule has 0 unspecified atom stereocenters. The Morgan fingerprint density at radius 2 is 2.11 bits per heavy atom. The maximum Gasteiger partial charge on any atom is 0.283 e. The van der Waals surface area contributed by atoms with Gasteiger partial charge in [0.25, 0.3) is 5.91 Å². The van der Waals surface area contributed by atoms with E-state index in [4.69, 9.17) is 33.0 Å². The Morgan fingerprint density at radius 3 is 2.86 bits per heavy atom. The molecule has 6 nitrogen and oxygen atoms in total. The first kappa shape index (κ1) is 19.0. The normalized spacial score (nSPS) is 17.8. The van der Waals surface area contributed by atoms with Crippen LogP contribution in [0.1, 0.15) is 25.5 Å². The molecule has 1 aromatic carbocycles. The number of thioether (sulfide) groups is 1. The number of carbonyl (C=O) groups excluding carboxylic acids is 1. The van der Waals surface area contributed by atoms with Crippen molar-refractivity contribution in [3.63, 3.8) is 0 Å². The molecule has 0 radical (unpaired) electrons. The summed E-state index contributed by atoms with van der Waals surface area (Å²) in [5, 5.41) is 16.4. The van der Waals surface area contributed by atoms with Crippen LogP contribution >= 0.6 is 35.0 Å². The summed E-state index contributed by atoms with van der Waals surface area (Å²) in [5.41, 5.74) is 0.805. The third-order valence-electron chi connectivity index (χ3n) is 4.07. The summed E-state index contributed by atoms with van der Waals surface area (Å²) in [7, 11) is 0. The molecule has 142 valence electrons. The highest BCUT2D eigenvalue weighted by Crippen LogP contribution is 2.33. The Hall–Kier alpha value is -2.35. The molecule has 4 rings (SSSR count). The molecule has 2 aromatic rings. The number of fused-ring (bicyclic) bond motifs is 1. The predicted molar refractivity (Wildman–Crippen MR) is 114 cm³/mol. The molecule has 1 N–H and O–H groups in total. The number of hydrogen-bond donors (Lipinski definition) is 1. The molecule has 2 aliphatic rings. The number of hydrogen-bond acceptors (Lipinski definition) is 5. The van der Waals surface area contributed by atoms with Crippen LogP contribution in [0.2, 0.25) is 10.0 Å². The molecule has 0 atom stereocenters. The fraction of sp³-hybridized carbons (Fsp3) is 0.158. The summed E-state index contributed by atoms with van der Waals surface area (Å²) in [4.78, 5) is 16.5. The molecule has 0 saturated heterocycles. The van der Waals surface area contributed by atoms with Crippen molar-refractivity contribution in [2.75, 3.05) is 0 Å². The smallest absolute Gasteiger partial charge is 0.283 e. The van der Waals surface area contributed by atoms with Crippen molar-refractivity contribution < 1.29 is 9.21 Å². The van der Waals surface area contributed by atoms with Gasteiger partial charge in [-0.15, -0.1) is 0 Å². The van der Waals surface area contributed by atoms with Crippen LogP contribution < -0.4 is 0 Å². The summed E-state index contributed by atoms with van der Waals surface area (Å²) >= 11 is 13.5. The Kier molecular flexibility index (Phi) is 5.14. The number of rotatable bonds is 4. The molecule has 1 amide bonds. The van der Waals surface area contributed by atoms with Crippen molar-refractivity contribution in [3.8, 4) is 11.3 Å². The molecular weight excluding hydrogens is 419 g/mol. The molecule has 0 spiro atoms. The van der Waals surface area contributed by atoms with Gasteiger partial charge in [0.05, 0.1) is 10.6 Å². The Bertz CT molecular complexity index is 1090. The molecular formula is C19H14Cl2N4O2S. The molecule has 0 bridgehead atoms. The predicted octanol–water partition coefficient (Wildman–Crippen LogP) is 5.67. The number of amides is 1. The summed E-state index contributed by atoms with van der Waals surface area (Å²) in [6.45, 7) is 2.05. The van der Waals surface area contributed by atoms with Crippen molar-refractivity contribution in [2.45, 2.75) is 19.8 Å². The third kappa shape index (κ3) is 3.53. The molecule has 0 saturated carbocycles. The maximum atomic E-state index is 12.4. The van der Waals surface area contributed by atoms with Crippen LogP contribution in [0.15, 0.2) is 50.4 Å². The van der Waals surface area contributed by atoms with Gasteiger partial charge in [-0.1, -0.05) is 30.1 Å². The monoisotopic (exact) mass is 432 g/mol. The van der Waals surface area contributed by atoms with Gasteiger partial charge in [-0.25, -0.2) is 0 Å². The lowest BCUT2D eigenvalue weighted by Crippen LogP contribution is -2.35. The number of amidine groups is 2. The van der Waals surface area contributed by atoms with E-state index in [-0.39, 0.29) is 11.4 Å². The molecule has 28 heavy (non-hydrogen) atoms. The molecule has 1 aromatic heterocycles. The van der Waals surface area contributed by atoms with Crippen molar-refractivity contribution >= 4 is 63.0 Å². The average Bonchev–Trinajstić information content (AvgIpc) is 3.26. The number of halogens is 2. The molecule has 9 heteroatoms. The van der Waals surface area contributed by atoms with Gasteiger partial charge >= 0.3 is 0 Å². The second kappa shape index (κ2) is 7.58. The average molecular weight is 433 g/mol. The van der Waals surface area contributed by atoms with Gasteiger partial charge in [-0.05, 0) is 61.0 Å². The number of hydrazone groups is 1. The van der Waals surface area contributed by atoms with Crippen LogP contribution in [0.25, 0.3) is 17.4 Å². The highest BCUT2D eigenvalue weighted by Gasteiger charge is 2.35. The third-order valence-corrected chi connectivity index (χ3v) is 5.59. The second-order valence-corrected chi connectivity index (χ2v) is 7.97. The second-order valence-electron chi connectivity index (χ2n) is 6.09. The van der Waals surface area contributed by atoms with Crippen LogP contribution in [-0.4, -0.2) is 27.0 Å². The zero-order valence-corrected chi connectivity index (χ0v) is 17.0. The minimum Gasteiger partial charge on any atom is -0.457 e. The van der Waals surface area contributed by atoms with E-state index in [0.29, 0.717) is 32.3 Å². The Balaban J connectivity index is 1.64. The number of carbonyl (C=O) groups is 1. The van der Waals surface area contributed by atoms with E-state index >= 15 is 0 Å². The fourth-order valence-corrected chi connectivity index (χ4v) is 4.24. The first-order valence-corrected chi connectivity index (χ1v) is 10.1. The van der Waals surface area contributed by atoms with E-state index in [1.165, 1.54) is 22.8 Å². The van der Waals surface area contributed by atoms with Gasteiger partial charge < -0.3 is 4.42 Å². The first-order chi connectivity index (χ1) is 13.5. The highest BCUT2D eigenvalue weighted by molar-refractivity contribution is 8.26. The number of nitrogens with one attached hydrogen (secondary N) is 1. The van der Waals surface area contributed by atoms with E-state index < -0.39 is 5.91 Å². The van der Waals surface area contributed by atoms with Gasteiger partial charge in [0.15, 0.2) is 5.84 Å². The fourth-order valence-electron chi connectivity index (χ4n) is 2.75. The summed E-state index contributed by atoms with van der Waals surface area (Å²) in [5.74, 6) is 0.445. The topological polar surface area (TPSA) is 82.0 Å². The largest absolute Gasteiger partial charge is 0.457 e. The van der Waals surface area contributed by atoms with Crippen molar-refractivity contribution in [3.05, 3.63) is 51.7 Å². The molecule has 3 heterocycles. The summed E-state index contributed by atoms with van der Waals surface area (Å²) < 4.78 is 5.80. The van der Waals surface area contributed by atoms with Gasteiger partial charge in [0, 0.05) is 10.6 Å². The van der Waals surface area contributed by atoms with Crippen LogP contribution in [0.4, 0.5) is 0 Å². The lowest BCUT2D eigenvalue weighted by molar-refractivity contribution is -0.114. The number of nitrogens with zero attached hydrogens (tertiary/aromatic N) is 3. The zero-order chi connectivity index (χ0) is 19.8.